The van der Waals surface area contributed by atoms with Gasteiger partial charge in [-0.25, -0.2) is 4.79 Å². The zero-order chi connectivity index (χ0) is 23.8. The van der Waals surface area contributed by atoms with Crippen LogP contribution in [0, 0.1) is 11.3 Å². The standard InChI is InChI=1S/C24H31F3O5/c1-17(2)32-22(30)16-31-14-6-4-7-18-9-10-20(28)19(18)15-23(12-13-23)21(29)8-3-5-11-24(25,26)27/h3-6,9-10,15,17-18,21,29H,7-8,11-14,16H2,1-2H3. The first-order valence-electron chi connectivity index (χ1n) is 10.8. The van der Waals surface area contributed by atoms with E-state index in [0.29, 0.717) is 24.8 Å². The number of allylic oxidation sites excluding steroid dienone is 5. The zero-order valence-electron chi connectivity index (χ0n) is 18.4. The molecule has 178 valence electrons. The quantitative estimate of drug-likeness (QED) is 0.201. The molecule has 8 heteroatoms. The molecule has 1 saturated carbocycles. The van der Waals surface area contributed by atoms with Crippen molar-refractivity contribution in [3.05, 3.63) is 48.1 Å². The van der Waals surface area contributed by atoms with Gasteiger partial charge in [0.15, 0.2) is 5.78 Å². The van der Waals surface area contributed by atoms with Gasteiger partial charge < -0.3 is 14.6 Å². The lowest BCUT2D eigenvalue weighted by atomic mass is 9.88. The maximum absolute atomic E-state index is 12.3. The summed E-state index contributed by atoms with van der Waals surface area (Å²) in [7, 11) is 0. The number of hydrogen-bond acceptors (Lipinski definition) is 5. The van der Waals surface area contributed by atoms with E-state index in [1.807, 2.05) is 18.2 Å². The molecule has 1 fully saturated rings. The minimum atomic E-state index is -4.26. The Balaban J connectivity index is 1.84. The van der Waals surface area contributed by atoms with Crippen LogP contribution in [0.15, 0.2) is 48.1 Å². The van der Waals surface area contributed by atoms with Crippen LogP contribution in [-0.4, -0.2) is 48.5 Å². The fourth-order valence-corrected chi connectivity index (χ4v) is 3.49. The lowest BCUT2D eigenvalue weighted by molar-refractivity contribution is -0.152. The highest BCUT2D eigenvalue weighted by Crippen LogP contribution is 2.53. The summed E-state index contributed by atoms with van der Waals surface area (Å²) in [4.78, 5) is 23.7. The molecule has 0 aromatic carbocycles. The van der Waals surface area contributed by atoms with Crippen molar-refractivity contribution in [1.29, 1.82) is 0 Å². The third-order valence-electron chi connectivity index (χ3n) is 5.33. The number of aliphatic hydroxyl groups is 1. The first kappa shape index (κ1) is 26.1. The molecule has 2 unspecified atom stereocenters. The molecule has 0 aromatic rings. The van der Waals surface area contributed by atoms with Gasteiger partial charge in [0.25, 0.3) is 0 Å². The number of alkyl halides is 3. The lowest BCUT2D eigenvalue weighted by Crippen LogP contribution is -2.21. The topological polar surface area (TPSA) is 72.8 Å². The number of carbonyl (C=O) groups excluding carboxylic acids is 2. The summed E-state index contributed by atoms with van der Waals surface area (Å²) in [6, 6.07) is 0. The molecule has 0 radical (unpaired) electrons. The number of halogens is 3. The second kappa shape index (κ2) is 11.6. The van der Waals surface area contributed by atoms with E-state index in [0.717, 1.165) is 6.08 Å². The fourth-order valence-electron chi connectivity index (χ4n) is 3.49. The lowest BCUT2D eigenvalue weighted by Gasteiger charge is -2.20. The monoisotopic (exact) mass is 456 g/mol. The Kier molecular flexibility index (Phi) is 9.46. The van der Waals surface area contributed by atoms with Gasteiger partial charge in [-0.1, -0.05) is 36.5 Å². The maximum atomic E-state index is 12.3. The molecule has 2 aliphatic rings. The van der Waals surface area contributed by atoms with Crippen LogP contribution in [0.1, 0.15) is 46.0 Å². The van der Waals surface area contributed by atoms with E-state index in [1.54, 1.807) is 19.9 Å². The second-order valence-corrected chi connectivity index (χ2v) is 8.47. The van der Waals surface area contributed by atoms with E-state index < -0.39 is 30.1 Å². The summed E-state index contributed by atoms with van der Waals surface area (Å²) in [5.74, 6) is -0.665. The summed E-state index contributed by atoms with van der Waals surface area (Å²) in [5, 5.41) is 10.5. The second-order valence-electron chi connectivity index (χ2n) is 8.47. The van der Waals surface area contributed by atoms with Gasteiger partial charge in [0.1, 0.15) is 6.61 Å². The molecule has 0 saturated heterocycles. The van der Waals surface area contributed by atoms with Gasteiger partial charge in [0, 0.05) is 16.9 Å². The van der Waals surface area contributed by atoms with Gasteiger partial charge in [0.05, 0.1) is 25.2 Å². The summed E-state index contributed by atoms with van der Waals surface area (Å²) in [6.45, 7) is 3.63. The number of ketones is 1. The summed E-state index contributed by atoms with van der Waals surface area (Å²) in [6.07, 6.45) is 6.90. The van der Waals surface area contributed by atoms with Gasteiger partial charge in [-0.3, -0.25) is 4.79 Å². The van der Waals surface area contributed by atoms with Gasteiger partial charge in [-0.2, -0.15) is 13.2 Å². The SMILES string of the molecule is CC(C)OC(=O)COCC=CCC1C=CC(=O)C1=CC1(C(O)CC=CCC(F)(F)F)CC1. The molecule has 0 aliphatic heterocycles. The van der Waals surface area contributed by atoms with Crippen LogP contribution < -0.4 is 0 Å². The maximum Gasteiger partial charge on any atom is 0.392 e. The Labute approximate surface area is 186 Å². The minimum Gasteiger partial charge on any atom is -0.461 e. The highest BCUT2D eigenvalue weighted by molar-refractivity contribution is 6.07. The molecule has 2 aliphatic carbocycles. The molecule has 0 spiro atoms. The van der Waals surface area contributed by atoms with Crippen molar-refractivity contribution < 1.29 is 37.3 Å². The average Bonchev–Trinajstić information content (AvgIpc) is 3.40. The van der Waals surface area contributed by atoms with Gasteiger partial charge in [0.2, 0.25) is 0 Å². The third kappa shape index (κ3) is 8.74. The fraction of sp³-hybridized carbons (Fsp3) is 0.583. The summed E-state index contributed by atoms with van der Waals surface area (Å²) < 4.78 is 46.9. The van der Waals surface area contributed by atoms with Crippen molar-refractivity contribution in [3.8, 4) is 0 Å². The smallest absolute Gasteiger partial charge is 0.392 e. The van der Waals surface area contributed by atoms with Gasteiger partial charge in [-0.05, 0) is 45.6 Å². The average molecular weight is 457 g/mol. The summed E-state index contributed by atoms with van der Waals surface area (Å²) in [5.41, 5.74) is 0.0495. The van der Waals surface area contributed by atoms with Crippen LogP contribution in [-0.2, 0) is 19.1 Å². The minimum absolute atomic E-state index is 0.109. The Bertz CT molecular complexity index is 773. The molecule has 0 bridgehead atoms. The molecule has 0 heterocycles. The highest BCUT2D eigenvalue weighted by Gasteiger charge is 2.47. The molecule has 1 N–H and O–H groups in total. The molecule has 2 rings (SSSR count). The van der Waals surface area contributed by atoms with Crippen molar-refractivity contribution in [2.45, 2.75) is 64.3 Å². The molecule has 2 atom stereocenters. The van der Waals surface area contributed by atoms with E-state index >= 15 is 0 Å². The molecule has 5 nitrogen and oxygen atoms in total. The number of esters is 1. The number of hydrogen-bond donors (Lipinski definition) is 1. The largest absolute Gasteiger partial charge is 0.461 e. The van der Waals surface area contributed by atoms with Crippen LogP contribution in [0.5, 0.6) is 0 Å². The number of aliphatic hydroxyl groups excluding tert-OH is 1. The van der Waals surface area contributed by atoms with E-state index in [4.69, 9.17) is 9.47 Å². The normalized spacial score (nSPS) is 22.5. The van der Waals surface area contributed by atoms with E-state index in [2.05, 4.69) is 0 Å². The van der Waals surface area contributed by atoms with Crippen LogP contribution >= 0.6 is 0 Å². The third-order valence-corrected chi connectivity index (χ3v) is 5.33. The molecule has 0 aromatic heterocycles. The molecule has 32 heavy (non-hydrogen) atoms. The number of ether oxygens (including phenoxy) is 2. The van der Waals surface area contributed by atoms with E-state index in [1.165, 1.54) is 12.2 Å². The molecular formula is C24H31F3O5. The van der Waals surface area contributed by atoms with Crippen molar-refractivity contribution in [2.75, 3.05) is 13.2 Å². The van der Waals surface area contributed by atoms with Gasteiger partial charge in [-0.15, -0.1) is 0 Å². The Morgan fingerprint density at radius 3 is 2.59 bits per heavy atom. The van der Waals surface area contributed by atoms with E-state index in [9.17, 15) is 27.9 Å². The Morgan fingerprint density at radius 2 is 1.97 bits per heavy atom. The Morgan fingerprint density at radius 1 is 1.25 bits per heavy atom. The van der Waals surface area contributed by atoms with Crippen molar-refractivity contribution in [2.24, 2.45) is 11.3 Å². The number of rotatable bonds is 12. The van der Waals surface area contributed by atoms with Crippen LogP contribution in [0.4, 0.5) is 13.2 Å². The number of carbonyl (C=O) groups is 2. The molecule has 0 amide bonds. The van der Waals surface area contributed by atoms with Gasteiger partial charge >= 0.3 is 12.1 Å². The van der Waals surface area contributed by atoms with Crippen LogP contribution in [0.2, 0.25) is 0 Å². The first-order chi connectivity index (χ1) is 15.0. The van der Waals surface area contributed by atoms with Crippen molar-refractivity contribution in [3.63, 3.8) is 0 Å². The summed E-state index contributed by atoms with van der Waals surface area (Å²) >= 11 is 0. The van der Waals surface area contributed by atoms with E-state index in [-0.39, 0.29) is 37.4 Å². The zero-order valence-corrected chi connectivity index (χ0v) is 18.4. The highest BCUT2D eigenvalue weighted by atomic mass is 19.4. The predicted octanol–water partition coefficient (Wildman–Crippen LogP) is 4.62. The first-order valence-corrected chi connectivity index (χ1v) is 10.8. The van der Waals surface area contributed by atoms with Crippen LogP contribution in [0.3, 0.4) is 0 Å². The van der Waals surface area contributed by atoms with Crippen molar-refractivity contribution in [1.82, 2.24) is 0 Å². The molecular weight excluding hydrogens is 425 g/mol. The van der Waals surface area contributed by atoms with Crippen molar-refractivity contribution >= 4 is 11.8 Å². The Hall–Kier alpha value is -2.19. The predicted molar refractivity (Wildman–Crippen MR) is 114 cm³/mol. The van der Waals surface area contributed by atoms with Crippen LogP contribution in [0.25, 0.3) is 0 Å².